The Morgan fingerprint density at radius 1 is 1.12 bits per heavy atom. The van der Waals surface area contributed by atoms with E-state index in [0.717, 1.165) is 5.56 Å². The predicted molar refractivity (Wildman–Crippen MR) is 108 cm³/mol. The van der Waals surface area contributed by atoms with Gasteiger partial charge in [0.1, 0.15) is 17.7 Å². The van der Waals surface area contributed by atoms with Crippen molar-refractivity contribution in [1.82, 2.24) is 25.5 Å². The Balaban J connectivity index is 1.67. The molecule has 3 aromatic rings. The first-order chi connectivity index (χ1) is 15.4. The summed E-state index contributed by atoms with van der Waals surface area (Å²) in [7, 11) is 1.36. The van der Waals surface area contributed by atoms with Gasteiger partial charge in [-0.3, -0.25) is 4.79 Å². The first-order valence-electron chi connectivity index (χ1n) is 9.75. The second-order valence-corrected chi connectivity index (χ2v) is 6.92. The Bertz CT molecular complexity index is 1040. The van der Waals surface area contributed by atoms with Crippen molar-refractivity contribution in [2.24, 2.45) is 0 Å². The van der Waals surface area contributed by atoms with Gasteiger partial charge in [0.2, 0.25) is 5.91 Å². The first-order valence-corrected chi connectivity index (χ1v) is 9.75. The van der Waals surface area contributed by atoms with Crippen LogP contribution in [0.4, 0.5) is 13.2 Å². The third-order valence-electron chi connectivity index (χ3n) is 4.75. The largest absolute Gasteiger partial charge is 0.493 e. The molecule has 3 rings (SSSR count). The monoisotopic (exact) mass is 449 g/mol. The molecule has 1 atom stereocenters. The number of amides is 1. The molecule has 0 saturated heterocycles. The SMILES string of the molecule is COc1ccc(CCNC(=O)C(Cc2ccc(F)cc2)n2nnnc2C)cc1OC(F)F. The van der Waals surface area contributed by atoms with E-state index in [1.54, 1.807) is 25.1 Å². The molecule has 1 amide bonds. The van der Waals surface area contributed by atoms with Gasteiger partial charge in [-0.05, 0) is 59.2 Å². The lowest BCUT2D eigenvalue weighted by Crippen LogP contribution is -2.36. The number of rotatable bonds is 10. The Kier molecular flexibility index (Phi) is 7.63. The average Bonchev–Trinajstić information content (AvgIpc) is 3.18. The standard InChI is InChI=1S/C21H22F3N5O3/c1-13-26-27-28-29(13)17(11-14-3-6-16(22)7-4-14)20(30)25-10-9-15-5-8-18(31-2)19(12-15)32-21(23)24/h3-8,12,17,21H,9-11H2,1-2H3,(H,25,30). The van der Waals surface area contributed by atoms with Crippen LogP contribution in [-0.4, -0.2) is 46.4 Å². The highest BCUT2D eigenvalue weighted by Crippen LogP contribution is 2.29. The number of aromatic nitrogens is 4. The zero-order valence-electron chi connectivity index (χ0n) is 17.5. The van der Waals surface area contributed by atoms with Crippen molar-refractivity contribution in [3.05, 3.63) is 65.2 Å². The highest BCUT2D eigenvalue weighted by Gasteiger charge is 2.24. The summed E-state index contributed by atoms with van der Waals surface area (Å²) < 4.78 is 49.3. The molecule has 0 bridgehead atoms. The molecule has 1 N–H and O–H groups in total. The third-order valence-corrected chi connectivity index (χ3v) is 4.75. The number of tetrazole rings is 1. The van der Waals surface area contributed by atoms with E-state index in [9.17, 15) is 18.0 Å². The quantitative estimate of drug-likeness (QED) is 0.512. The summed E-state index contributed by atoms with van der Waals surface area (Å²) in [5.41, 5.74) is 1.42. The number of benzene rings is 2. The van der Waals surface area contributed by atoms with E-state index in [0.29, 0.717) is 17.8 Å². The van der Waals surface area contributed by atoms with Crippen LogP contribution in [0, 0.1) is 12.7 Å². The number of nitrogens with one attached hydrogen (secondary N) is 1. The fraction of sp³-hybridized carbons (Fsp3) is 0.333. The molecule has 11 heteroatoms. The van der Waals surface area contributed by atoms with Crippen molar-refractivity contribution in [3.8, 4) is 11.5 Å². The van der Waals surface area contributed by atoms with Gasteiger partial charge in [-0.2, -0.15) is 8.78 Å². The number of aryl methyl sites for hydroxylation is 1. The smallest absolute Gasteiger partial charge is 0.387 e. The number of hydrogen-bond acceptors (Lipinski definition) is 6. The van der Waals surface area contributed by atoms with Crippen LogP contribution in [-0.2, 0) is 17.6 Å². The minimum Gasteiger partial charge on any atom is -0.493 e. The molecule has 1 heterocycles. The highest BCUT2D eigenvalue weighted by molar-refractivity contribution is 5.80. The van der Waals surface area contributed by atoms with Crippen molar-refractivity contribution in [2.45, 2.75) is 32.4 Å². The molecule has 0 spiro atoms. The molecule has 2 aromatic carbocycles. The topological polar surface area (TPSA) is 91.2 Å². The van der Waals surface area contributed by atoms with E-state index in [-0.39, 0.29) is 36.2 Å². The van der Waals surface area contributed by atoms with E-state index in [1.165, 1.54) is 36.1 Å². The van der Waals surface area contributed by atoms with E-state index < -0.39 is 12.7 Å². The second kappa shape index (κ2) is 10.6. The molecular formula is C21H22F3N5O3. The summed E-state index contributed by atoms with van der Waals surface area (Å²) in [5.74, 6) is -0.141. The Labute approximate surface area is 182 Å². The number of carbonyl (C=O) groups excluding carboxylic acids is 1. The van der Waals surface area contributed by atoms with Gasteiger partial charge in [-0.15, -0.1) is 5.10 Å². The summed E-state index contributed by atoms with van der Waals surface area (Å²) in [6, 6.07) is 9.75. The molecule has 32 heavy (non-hydrogen) atoms. The summed E-state index contributed by atoms with van der Waals surface area (Å²) in [6.45, 7) is -1.07. The summed E-state index contributed by atoms with van der Waals surface area (Å²) in [6.07, 6.45) is 0.625. The number of methoxy groups -OCH3 is 1. The van der Waals surface area contributed by atoms with Gasteiger partial charge in [0.05, 0.1) is 7.11 Å². The molecule has 0 radical (unpaired) electrons. The van der Waals surface area contributed by atoms with E-state index in [2.05, 4.69) is 25.6 Å². The third kappa shape index (κ3) is 5.96. The predicted octanol–water partition coefficient (Wildman–Crippen LogP) is 2.87. The molecule has 1 aromatic heterocycles. The van der Waals surface area contributed by atoms with Gasteiger partial charge in [-0.1, -0.05) is 18.2 Å². The molecule has 0 aliphatic carbocycles. The van der Waals surface area contributed by atoms with Gasteiger partial charge in [-0.25, -0.2) is 9.07 Å². The lowest BCUT2D eigenvalue weighted by Gasteiger charge is -2.18. The van der Waals surface area contributed by atoms with Crippen molar-refractivity contribution >= 4 is 5.91 Å². The zero-order valence-corrected chi connectivity index (χ0v) is 17.5. The van der Waals surface area contributed by atoms with Gasteiger partial charge in [0.25, 0.3) is 0 Å². The number of carbonyl (C=O) groups is 1. The van der Waals surface area contributed by atoms with E-state index >= 15 is 0 Å². The Hall–Kier alpha value is -3.63. The molecule has 0 saturated carbocycles. The van der Waals surface area contributed by atoms with Gasteiger partial charge >= 0.3 is 6.61 Å². The van der Waals surface area contributed by atoms with Crippen LogP contribution in [0.15, 0.2) is 42.5 Å². The van der Waals surface area contributed by atoms with Crippen LogP contribution in [0.25, 0.3) is 0 Å². The second-order valence-electron chi connectivity index (χ2n) is 6.92. The lowest BCUT2D eigenvalue weighted by molar-refractivity contribution is -0.124. The van der Waals surface area contributed by atoms with Crippen LogP contribution in [0.3, 0.4) is 0 Å². The van der Waals surface area contributed by atoms with E-state index in [1.807, 2.05) is 0 Å². The van der Waals surface area contributed by atoms with E-state index in [4.69, 9.17) is 4.74 Å². The fourth-order valence-corrected chi connectivity index (χ4v) is 3.17. The summed E-state index contributed by atoms with van der Waals surface area (Å²) in [5, 5.41) is 14.1. The fourth-order valence-electron chi connectivity index (χ4n) is 3.17. The number of nitrogens with zero attached hydrogens (tertiary/aromatic N) is 4. The maximum atomic E-state index is 13.2. The van der Waals surface area contributed by atoms with Crippen LogP contribution in [0.5, 0.6) is 11.5 Å². The van der Waals surface area contributed by atoms with Crippen molar-refractivity contribution in [3.63, 3.8) is 0 Å². The molecule has 0 fully saturated rings. The van der Waals surface area contributed by atoms with Crippen LogP contribution >= 0.6 is 0 Å². The van der Waals surface area contributed by atoms with Crippen LogP contribution in [0.2, 0.25) is 0 Å². The minimum absolute atomic E-state index is 0.0789. The number of hydrogen-bond donors (Lipinski definition) is 1. The van der Waals surface area contributed by atoms with Gasteiger partial charge in [0.15, 0.2) is 11.5 Å². The minimum atomic E-state index is -2.98. The van der Waals surface area contributed by atoms with Crippen molar-refractivity contribution in [1.29, 1.82) is 0 Å². The molecular weight excluding hydrogens is 427 g/mol. The molecule has 0 aliphatic rings. The zero-order chi connectivity index (χ0) is 23.1. The molecule has 8 nitrogen and oxygen atoms in total. The maximum absolute atomic E-state index is 13.2. The normalized spacial score (nSPS) is 11.9. The lowest BCUT2D eigenvalue weighted by atomic mass is 10.0. The highest BCUT2D eigenvalue weighted by atomic mass is 19.3. The summed E-state index contributed by atoms with van der Waals surface area (Å²) >= 11 is 0. The first kappa shape index (κ1) is 23.0. The maximum Gasteiger partial charge on any atom is 0.387 e. The van der Waals surface area contributed by atoms with Crippen LogP contribution in [0.1, 0.15) is 23.0 Å². The molecule has 0 aliphatic heterocycles. The van der Waals surface area contributed by atoms with Crippen molar-refractivity contribution < 1.29 is 27.4 Å². The van der Waals surface area contributed by atoms with Crippen molar-refractivity contribution in [2.75, 3.05) is 13.7 Å². The Morgan fingerprint density at radius 2 is 1.84 bits per heavy atom. The average molecular weight is 449 g/mol. The Morgan fingerprint density at radius 3 is 2.47 bits per heavy atom. The molecule has 170 valence electrons. The number of halogens is 3. The molecule has 1 unspecified atom stereocenters. The summed E-state index contributed by atoms with van der Waals surface area (Å²) in [4.78, 5) is 12.9. The van der Waals surface area contributed by atoms with Gasteiger partial charge in [0, 0.05) is 13.0 Å². The van der Waals surface area contributed by atoms with Crippen LogP contribution < -0.4 is 14.8 Å². The number of alkyl halides is 2. The van der Waals surface area contributed by atoms with Gasteiger partial charge < -0.3 is 14.8 Å². The number of ether oxygens (including phenoxy) is 2.